The lowest BCUT2D eigenvalue weighted by Crippen LogP contribution is -2.31. The van der Waals surface area contributed by atoms with E-state index in [2.05, 4.69) is 346 Å². The summed E-state index contributed by atoms with van der Waals surface area (Å²) in [5, 5.41) is 4.81. The first kappa shape index (κ1) is 55.7. The molecule has 0 aromatic heterocycles. The number of nitrogens with zero attached hydrogens (tertiary/aromatic N) is 2. The smallest absolute Gasteiger partial charge is 0.0539 e. The van der Waals surface area contributed by atoms with E-state index in [1.54, 1.807) is 0 Å². The molecule has 0 N–H and O–H groups in total. The Labute approximate surface area is 507 Å². The molecule has 11 aromatic rings. The molecular weight excluding hydrogens is 1040 g/mol. The maximum Gasteiger partial charge on any atom is 0.0539 e. The molecule has 0 atom stereocenters. The van der Waals surface area contributed by atoms with Gasteiger partial charge in [0.2, 0.25) is 0 Å². The Hall–Kier alpha value is -10.8. The highest BCUT2D eigenvalue weighted by molar-refractivity contribution is 6.18. The van der Waals surface area contributed by atoms with E-state index in [0.717, 1.165) is 74.7 Å². The third-order valence-corrected chi connectivity index (χ3v) is 16.0. The second-order valence-corrected chi connectivity index (χ2v) is 21.5. The van der Waals surface area contributed by atoms with Crippen molar-refractivity contribution in [3.05, 3.63) is 354 Å². The van der Waals surface area contributed by atoms with Crippen LogP contribution in [0, 0.1) is 6.92 Å². The summed E-state index contributed by atoms with van der Waals surface area (Å²) in [6.07, 6.45) is 27.5. The van der Waals surface area contributed by atoms with E-state index in [0.29, 0.717) is 0 Å². The number of rotatable bonds is 18. The van der Waals surface area contributed by atoms with Gasteiger partial charge in [0.05, 0.1) is 5.69 Å². The van der Waals surface area contributed by atoms with Gasteiger partial charge in [-0.2, -0.15) is 0 Å². The largest absolute Gasteiger partial charge is 0.310 e. The first-order valence-corrected chi connectivity index (χ1v) is 29.8. The average molecular weight is 1110 g/mol. The van der Waals surface area contributed by atoms with Crippen molar-refractivity contribution in [2.24, 2.45) is 0 Å². The predicted molar refractivity (Wildman–Crippen MR) is 373 cm³/mol. The number of anilines is 4. The van der Waals surface area contributed by atoms with Crippen molar-refractivity contribution in [3.63, 3.8) is 0 Å². The Morgan fingerprint density at radius 3 is 1.40 bits per heavy atom. The second kappa shape index (κ2) is 26.2. The fourth-order valence-electron chi connectivity index (χ4n) is 11.9. The molecule has 0 saturated heterocycles. The van der Waals surface area contributed by atoms with Gasteiger partial charge in [0.1, 0.15) is 0 Å². The van der Waals surface area contributed by atoms with Gasteiger partial charge in [-0.1, -0.05) is 293 Å². The van der Waals surface area contributed by atoms with Crippen molar-refractivity contribution in [2.45, 2.75) is 26.7 Å². The van der Waals surface area contributed by atoms with E-state index in [1.165, 1.54) is 71.4 Å². The highest BCUT2D eigenvalue weighted by Crippen LogP contribution is 2.51. The number of hydrogen-bond donors (Lipinski definition) is 0. The SMILES string of the molecule is C=C/C=C(\C=C)N(c1ccc(/C=C/c2ccc(-c3c(-c4ccc(/C=C/c5ccc(N(/C(=C/CC)c6ccccc6C)c6ccccc6)cc5)cc4)c(-c4ccccc4)c4ccccc4c3-c3ccccc3)cc2)cc1)c1cccc2c1=CC=CCC=2. The molecule has 414 valence electrons. The average Bonchev–Trinajstić information content (AvgIpc) is 0.936. The summed E-state index contributed by atoms with van der Waals surface area (Å²) < 4.78 is 0. The highest BCUT2D eigenvalue weighted by Gasteiger charge is 2.25. The minimum atomic E-state index is 0.901. The third-order valence-electron chi connectivity index (χ3n) is 16.0. The summed E-state index contributed by atoms with van der Waals surface area (Å²) in [5.74, 6) is 0. The van der Waals surface area contributed by atoms with Crippen molar-refractivity contribution in [2.75, 3.05) is 9.80 Å². The Morgan fingerprint density at radius 1 is 0.442 bits per heavy atom. The maximum atomic E-state index is 4.20. The topological polar surface area (TPSA) is 6.48 Å². The number of allylic oxidation sites excluding steroid dienone is 6. The lowest BCUT2D eigenvalue weighted by molar-refractivity contribution is 1.19. The molecule has 12 rings (SSSR count). The number of aryl methyl sites for hydroxylation is 1. The molecule has 0 radical (unpaired) electrons. The van der Waals surface area contributed by atoms with Gasteiger partial charge in [-0.25, -0.2) is 0 Å². The molecule has 0 heterocycles. The van der Waals surface area contributed by atoms with Gasteiger partial charge < -0.3 is 9.80 Å². The summed E-state index contributed by atoms with van der Waals surface area (Å²) in [4.78, 5) is 4.64. The van der Waals surface area contributed by atoms with E-state index in [1.807, 2.05) is 18.2 Å². The van der Waals surface area contributed by atoms with E-state index in [4.69, 9.17) is 0 Å². The molecule has 0 fully saturated rings. The van der Waals surface area contributed by atoms with Crippen molar-refractivity contribution in [1.82, 2.24) is 0 Å². The van der Waals surface area contributed by atoms with Gasteiger partial charge >= 0.3 is 0 Å². The second-order valence-electron chi connectivity index (χ2n) is 21.5. The molecule has 2 heteroatoms. The van der Waals surface area contributed by atoms with Crippen LogP contribution in [0.15, 0.2) is 310 Å². The van der Waals surface area contributed by atoms with E-state index in [9.17, 15) is 0 Å². The van der Waals surface area contributed by atoms with Crippen LogP contribution in [-0.4, -0.2) is 0 Å². The molecule has 0 unspecified atom stereocenters. The molecule has 11 aromatic carbocycles. The number of benzene rings is 11. The van der Waals surface area contributed by atoms with Gasteiger partial charge in [-0.15, -0.1) is 0 Å². The monoisotopic (exact) mass is 1100 g/mol. The lowest BCUT2D eigenvalue weighted by atomic mass is 9.79. The van der Waals surface area contributed by atoms with Gasteiger partial charge in [0.25, 0.3) is 0 Å². The molecule has 0 amide bonds. The molecule has 0 bridgehead atoms. The minimum absolute atomic E-state index is 0.901. The third kappa shape index (κ3) is 11.9. The summed E-state index contributed by atoms with van der Waals surface area (Å²) in [7, 11) is 0. The van der Waals surface area contributed by atoms with Crippen LogP contribution in [0.25, 0.3) is 97.4 Å². The van der Waals surface area contributed by atoms with Gasteiger partial charge in [0.15, 0.2) is 0 Å². The Balaban J connectivity index is 0.896. The summed E-state index contributed by atoms with van der Waals surface area (Å²) in [6, 6.07) is 92.5. The van der Waals surface area contributed by atoms with Crippen LogP contribution >= 0.6 is 0 Å². The quantitative estimate of drug-likeness (QED) is 0.0624. The van der Waals surface area contributed by atoms with E-state index in [-0.39, 0.29) is 0 Å². The lowest BCUT2D eigenvalue weighted by Gasteiger charge is -2.29. The fourth-order valence-corrected chi connectivity index (χ4v) is 11.9. The zero-order valence-corrected chi connectivity index (χ0v) is 48.9. The fraction of sp³-hybridized carbons (Fsp3) is 0.0476. The zero-order valence-electron chi connectivity index (χ0n) is 48.9. The maximum absolute atomic E-state index is 4.20. The standard InChI is InChI=1S/C84H68N2/c1-5-25-71(7-3)85(80-40-24-33-66-28-12-10-19-37-76(66)80)73-57-49-64(50-58-73)43-41-62-45-53-69(54-46-62)83-81(67-29-13-8-14-30-67)77-38-22-23-39-78(77)82(68-31-15-9-16-32-68)84(83)70-55-47-63(48-56-70)42-44-65-51-59-74(60-52-65)86(72-34-17-11-18-35-72)79(26-6-2)75-36-21-20-27-61(75)4/h5,7-11,13-60H,1,3,6,12H2,2,4H3/b43-41+,44-42+,71-25+,79-26+. The normalized spacial score (nSPS) is 12.3. The molecule has 1 aliphatic rings. The molecule has 0 saturated carbocycles. The van der Waals surface area contributed by atoms with Crippen LogP contribution in [0.5, 0.6) is 0 Å². The van der Waals surface area contributed by atoms with E-state index >= 15 is 0 Å². The molecule has 0 aliphatic heterocycles. The van der Waals surface area contributed by atoms with Crippen LogP contribution < -0.4 is 20.2 Å². The van der Waals surface area contributed by atoms with Crippen molar-refractivity contribution < 1.29 is 0 Å². The molecule has 2 nitrogen and oxygen atoms in total. The number of fused-ring (bicyclic) bond motifs is 2. The summed E-state index contributed by atoms with van der Waals surface area (Å²) in [6.45, 7) is 12.6. The van der Waals surface area contributed by atoms with Crippen molar-refractivity contribution >= 4 is 75.7 Å². The van der Waals surface area contributed by atoms with Gasteiger partial charge in [-0.05, 0) is 163 Å². The Kier molecular flexibility index (Phi) is 17.0. The Bertz CT molecular complexity index is 4500. The number of para-hydroxylation sites is 1. The van der Waals surface area contributed by atoms with Crippen LogP contribution in [0.2, 0.25) is 0 Å². The molecule has 1 aliphatic carbocycles. The summed E-state index contributed by atoms with van der Waals surface area (Å²) in [5.41, 5.74) is 22.9. The van der Waals surface area contributed by atoms with Crippen LogP contribution in [0.3, 0.4) is 0 Å². The zero-order chi connectivity index (χ0) is 58.6. The van der Waals surface area contributed by atoms with Gasteiger partial charge in [0, 0.05) is 39.2 Å². The minimum Gasteiger partial charge on any atom is -0.310 e. The van der Waals surface area contributed by atoms with Crippen LogP contribution in [-0.2, 0) is 0 Å². The van der Waals surface area contributed by atoms with Gasteiger partial charge in [-0.3, -0.25) is 0 Å². The molecule has 0 spiro atoms. The number of hydrogen-bond acceptors (Lipinski definition) is 2. The highest BCUT2D eigenvalue weighted by atomic mass is 15.2. The van der Waals surface area contributed by atoms with Crippen molar-refractivity contribution in [3.8, 4) is 44.5 Å². The predicted octanol–water partition coefficient (Wildman–Crippen LogP) is 21.7. The summed E-state index contributed by atoms with van der Waals surface area (Å²) >= 11 is 0. The molecule has 86 heavy (non-hydrogen) atoms. The first-order chi connectivity index (χ1) is 42.5. The Morgan fingerprint density at radius 2 is 0.895 bits per heavy atom. The van der Waals surface area contributed by atoms with Crippen LogP contribution in [0.4, 0.5) is 22.7 Å². The van der Waals surface area contributed by atoms with E-state index < -0.39 is 0 Å². The first-order valence-electron chi connectivity index (χ1n) is 29.8. The van der Waals surface area contributed by atoms with Crippen LogP contribution in [0.1, 0.15) is 53.1 Å². The van der Waals surface area contributed by atoms with Crippen molar-refractivity contribution in [1.29, 1.82) is 0 Å². The molecular formula is C84H68N2.